The Morgan fingerprint density at radius 3 is 2.69 bits per heavy atom. The van der Waals surface area contributed by atoms with E-state index in [1.807, 2.05) is 66.7 Å². The number of benzene rings is 3. The maximum absolute atomic E-state index is 13.6. The summed E-state index contributed by atoms with van der Waals surface area (Å²) < 4.78 is 5.84. The number of allylic oxidation sites excluding steroid dienone is 1. The van der Waals surface area contributed by atoms with Crippen LogP contribution in [0.3, 0.4) is 0 Å². The minimum absolute atomic E-state index is 0.0367. The first-order valence-electron chi connectivity index (χ1n) is 12.6. The molecule has 0 N–H and O–H groups in total. The number of nitrogens with zero attached hydrogens (tertiary/aromatic N) is 3. The topological polar surface area (TPSA) is 95.2 Å². The van der Waals surface area contributed by atoms with Crippen LogP contribution in [0, 0.1) is 10.1 Å². The number of hydrogen-bond acceptors (Lipinski definition) is 7. The summed E-state index contributed by atoms with van der Waals surface area (Å²) >= 11 is 1.50. The second kappa shape index (κ2) is 10.6. The van der Waals surface area contributed by atoms with Crippen LogP contribution in [0.4, 0.5) is 5.69 Å². The molecule has 0 bridgehead atoms. The third kappa shape index (κ3) is 5.06. The lowest BCUT2D eigenvalue weighted by molar-refractivity contribution is -0.384. The minimum atomic E-state index is -0.400. The van der Waals surface area contributed by atoms with Crippen molar-refractivity contribution in [2.24, 2.45) is 0 Å². The van der Waals surface area contributed by atoms with Gasteiger partial charge in [-0.25, -0.2) is 14.8 Å². The summed E-state index contributed by atoms with van der Waals surface area (Å²) in [5.74, 6) is -0.392. The van der Waals surface area contributed by atoms with E-state index in [9.17, 15) is 14.9 Å². The van der Waals surface area contributed by atoms with Crippen molar-refractivity contribution in [1.82, 2.24) is 9.97 Å². The standard InChI is InChI=1S/C31H23N3O4S/c35-31(38-19-24-18-32-30(39-24)21-9-2-1-3-10-21)28-25-13-4-5-15-27(25)33-29-22(11-7-14-26(28)29)16-20-8-6-12-23(17-20)34(36)37/h1-6,8-10,12-13,15-18H,7,11,14,19H2. The largest absolute Gasteiger partial charge is 0.456 e. The van der Waals surface area contributed by atoms with E-state index in [-0.39, 0.29) is 12.3 Å². The molecule has 6 rings (SSSR count). The average molecular weight is 534 g/mol. The summed E-state index contributed by atoms with van der Waals surface area (Å²) in [4.78, 5) is 34.8. The van der Waals surface area contributed by atoms with Gasteiger partial charge in [-0.05, 0) is 48.1 Å². The van der Waals surface area contributed by atoms with Gasteiger partial charge in [0.05, 0.1) is 26.6 Å². The lowest BCUT2D eigenvalue weighted by Crippen LogP contribution is -2.15. The molecular weight excluding hydrogens is 510 g/mol. The molecule has 0 fully saturated rings. The van der Waals surface area contributed by atoms with Crippen molar-refractivity contribution >= 4 is 45.5 Å². The average Bonchev–Trinajstić information content (AvgIpc) is 3.45. The summed E-state index contributed by atoms with van der Waals surface area (Å²) in [6.45, 7) is 0.130. The number of nitro benzene ring substituents is 1. The van der Waals surface area contributed by atoms with Crippen molar-refractivity contribution in [3.05, 3.63) is 122 Å². The SMILES string of the molecule is O=C(OCc1cnc(-c2ccccc2)s1)c1c2c(nc3ccccc13)C(=Cc1cccc([N+](=O)[O-])c1)CCC2. The van der Waals surface area contributed by atoms with Gasteiger partial charge in [0.25, 0.3) is 5.69 Å². The predicted molar refractivity (Wildman–Crippen MR) is 152 cm³/mol. The summed E-state index contributed by atoms with van der Waals surface area (Å²) in [7, 11) is 0. The number of ether oxygens (including phenoxy) is 1. The van der Waals surface area contributed by atoms with E-state index in [1.54, 1.807) is 18.3 Å². The molecule has 2 heterocycles. The zero-order valence-electron chi connectivity index (χ0n) is 20.9. The first kappa shape index (κ1) is 24.6. The molecule has 0 saturated carbocycles. The summed E-state index contributed by atoms with van der Waals surface area (Å²) in [6, 6.07) is 24.0. The number of non-ortho nitro benzene ring substituents is 1. The number of carbonyl (C=O) groups is 1. The molecule has 5 aromatic rings. The number of esters is 1. The highest BCUT2D eigenvalue weighted by atomic mass is 32.1. The lowest BCUT2D eigenvalue weighted by Gasteiger charge is -2.22. The van der Waals surface area contributed by atoms with Gasteiger partial charge in [-0.15, -0.1) is 11.3 Å². The number of carbonyl (C=O) groups excluding carboxylic acids is 1. The van der Waals surface area contributed by atoms with Crippen LogP contribution >= 0.6 is 11.3 Å². The molecule has 1 aliphatic rings. The van der Waals surface area contributed by atoms with Gasteiger partial charge in [0.2, 0.25) is 0 Å². The van der Waals surface area contributed by atoms with Gasteiger partial charge in [0.15, 0.2) is 0 Å². The number of rotatable bonds is 6. The second-order valence-corrected chi connectivity index (χ2v) is 10.4. The molecule has 8 heteroatoms. The molecule has 0 unspecified atom stereocenters. The van der Waals surface area contributed by atoms with Gasteiger partial charge in [0.1, 0.15) is 11.6 Å². The Bertz CT molecular complexity index is 1740. The van der Waals surface area contributed by atoms with Crippen molar-refractivity contribution in [2.75, 3.05) is 0 Å². The Morgan fingerprint density at radius 1 is 1.03 bits per heavy atom. The zero-order valence-corrected chi connectivity index (χ0v) is 21.7. The van der Waals surface area contributed by atoms with Crippen LogP contribution in [0.25, 0.3) is 33.1 Å². The van der Waals surface area contributed by atoms with E-state index in [0.717, 1.165) is 56.1 Å². The van der Waals surface area contributed by atoms with Gasteiger partial charge in [-0.1, -0.05) is 60.7 Å². The van der Waals surface area contributed by atoms with Crippen molar-refractivity contribution in [2.45, 2.75) is 25.9 Å². The van der Waals surface area contributed by atoms with E-state index in [4.69, 9.17) is 9.72 Å². The van der Waals surface area contributed by atoms with E-state index in [0.29, 0.717) is 17.5 Å². The highest BCUT2D eigenvalue weighted by molar-refractivity contribution is 7.15. The number of aromatic nitrogens is 2. The Morgan fingerprint density at radius 2 is 1.85 bits per heavy atom. The number of fused-ring (bicyclic) bond motifs is 2. The lowest BCUT2D eigenvalue weighted by atomic mass is 9.86. The van der Waals surface area contributed by atoms with E-state index in [1.165, 1.54) is 17.4 Å². The van der Waals surface area contributed by atoms with Crippen LogP contribution in [0.1, 0.15) is 44.9 Å². The van der Waals surface area contributed by atoms with Gasteiger partial charge in [-0.2, -0.15) is 0 Å². The van der Waals surface area contributed by atoms with Crippen LogP contribution in [0.2, 0.25) is 0 Å². The smallest absolute Gasteiger partial charge is 0.339 e. The molecule has 0 atom stereocenters. The third-order valence-corrected chi connectivity index (χ3v) is 7.74. The molecular formula is C31H23N3O4S. The number of para-hydroxylation sites is 1. The van der Waals surface area contributed by atoms with Gasteiger partial charge >= 0.3 is 5.97 Å². The van der Waals surface area contributed by atoms with Gasteiger partial charge < -0.3 is 4.74 Å². The molecule has 7 nitrogen and oxygen atoms in total. The quantitative estimate of drug-likeness (QED) is 0.127. The predicted octanol–water partition coefficient (Wildman–Crippen LogP) is 7.50. The Hall–Kier alpha value is -4.69. The van der Waals surface area contributed by atoms with E-state index in [2.05, 4.69) is 4.98 Å². The van der Waals surface area contributed by atoms with Crippen LogP contribution in [0.15, 0.2) is 85.1 Å². The summed E-state index contributed by atoms with van der Waals surface area (Å²) in [6.07, 6.45) is 5.98. The monoisotopic (exact) mass is 533 g/mol. The molecule has 0 radical (unpaired) electrons. The van der Waals surface area contributed by atoms with Crippen molar-refractivity contribution in [3.8, 4) is 10.6 Å². The molecule has 0 spiro atoms. The van der Waals surface area contributed by atoms with Crippen molar-refractivity contribution < 1.29 is 14.5 Å². The highest BCUT2D eigenvalue weighted by Gasteiger charge is 2.26. The molecule has 3 aromatic carbocycles. The Balaban J connectivity index is 1.34. The fourth-order valence-corrected chi connectivity index (χ4v) is 5.77. The highest BCUT2D eigenvalue weighted by Crippen LogP contribution is 2.37. The van der Waals surface area contributed by atoms with Crippen LogP contribution in [0.5, 0.6) is 0 Å². The summed E-state index contributed by atoms with van der Waals surface area (Å²) in [5, 5.41) is 12.9. The second-order valence-electron chi connectivity index (χ2n) is 9.28. The third-order valence-electron chi connectivity index (χ3n) is 6.72. The van der Waals surface area contributed by atoms with Gasteiger partial charge in [0, 0.05) is 29.3 Å². The fourth-order valence-electron chi connectivity index (χ4n) is 4.93. The molecule has 0 amide bonds. The number of nitro groups is 1. The Kier molecular flexibility index (Phi) is 6.69. The van der Waals surface area contributed by atoms with Crippen molar-refractivity contribution in [3.63, 3.8) is 0 Å². The molecule has 192 valence electrons. The molecule has 0 aliphatic heterocycles. The van der Waals surface area contributed by atoms with E-state index >= 15 is 0 Å². The molecule has 2 aromatic heterocycles. The van der Waals surface area contributed by atoms with Gasteiger partial charge in [-0.3, -0.25) is 10.1 Å². The maximum atomic E-state index is 13.6. The molecule has 0 saturated heterocycles. The molecule has 1 aliphatic carbocycles. The summed E-state index contributed by atoms with van der Waals surface area (Å²) in [5.41, 5.74) is 5.59. The Labute approximate surface area is 228 Å². The number of hydrogen-bond donors (Lipinski definition) is 0. The first-order chi connectivity index (χ1) is 19.1. The van der Waals surface area contributed by atoms with Crippen LogP contribution in [-0.2, 0) is 17.8 Å². The minimum Gasteiger partial charge on any atom is -0.456 e. The van der Waals surface area contributed by atoms with Crippen molar-refractivity contribution in [1.29, 1.82) is 0 Å². The van der Waals surface area contributed by atoms with Crippen LogP contribution in [-0.4, -0.2) is 20.9 Å². The van der Waals surface area contributed by atoms with Crippen LogP contribution < -0.4 is 0 Å². The zero-order chi connectivity index (χ0) is 26.8. The maximum Gasteiger partial charge on any atom is 0.339 e. The fraction of sp³-hybridized carbons (Fsp3) is 0.129. The molecule has 39 heavy (non-hydrogen) atoms. The number of thiazole rings is 1. The normalized spacial score (nSPS) is 13.8. The number of pyridine rings is 1. The van der Waals surface area contributed by atoms with E-state index < -0.39 is 10.9 Å². The first-order valence-corrected chi connectivity index (χ1v) is 13.4.